The van der Waals surface area contributed by atoms with Gasteiger partial charge in [0.1, 0.15) is 5.69 Å². The Bertz CT molecular complexity index is 1090. The van der Waals surface area contributed by atoms with E-state index in [1.54, 1.807) is 34.9 Å². The van der Waals surface area contributed by atoms with Crippen molar-refractivity contribution < 1.29 is 28.9 Å². The van der Waals surface area contributed by atoms with E-state index >= 15 is 0 Å². The molecule has 0 fully saturated rings. The molecule has 0 saturated carbocycles. The molecule has 2 aromatic carbocycles. The third-order valence-electron chi connectivity index (χ3n) is 4.33. The lowest BCUT2D eigenvalue weighted by molar-refractivity contribution is -0.142. The van der Waals surface area contributed by atoms with Crippen molar-refractivity contribution in [2.75, 3.05) is 20.8 Å². The van der Waals surface area contributed by atoms with Gasteiger partial charge in [-0.25, -0.2) is 9.59 Å². The summed E-state index contributed by atoms with van der Waals surface area (Å²) in [6.07, 6.45) is 0. The molecular weight excluding hydrogens is 421 g/mol. The number of carboxylic acids is 1. The van der Waals surface area contributed by atoms with Gasteiger partial charge in [-0.3, -0.25) is 0 Å². The van der Waals surface area contributed by atoms with Crippen LogP contribution in [0.1, 0.15) is 16.1 Å². The fourth-order valence-electron chi connectivity index (χ4n) is 2.96. The lowest BCUT2D eigenvalue weighted by Gasteiger charge is -2.13. The fourth-order valence-corrected chi connectivity index (χ4v) is 3.28. The second kappa shape index (κ2) is 8.63. The number of benzene rings is 2. The highest BCUT2D eigenvalue weighted by molar-refractivity contribution is 6.42. The van der Waals surface area contributed by atoms with Crippen LogP contribution in [0.15, 0.2) is 36.4 Å². The van der Waals surface area contributed by atoms with Gasteiger partial charge in [-0.1, -0.05) is 29.3 Å². The largest absolute Gasteiger partial charge is 0.493 e. The average molecular weight is 438 g/mol. The molecule has 0 saturated heterocycles. The van der Waals surface area contributed by atoms with Crippen molar-refractivity contribution >= 4 is 46.0 Å². The average Bonchev–Trinajstić information content (AvgIpc) is 3.07. The summed E-state index contributed by atoms with van der Waals surface area (Å²) in [7, 11) is 2.71. The smallest absolute Gasteiger partial charge is 0.352 e. The molecule has 1 N–H and O–H groups in total. The van der Waals surface area contributed by atoms with Gasteiger partial charge in [-0.2, -0.15) is 0 Å². The maximum absolute atomic E-state index is 11.9. The lowest BCUT2D eigenvalue weighted by atomic mass is 10.2. The van der Waals surface area contributed by atoms with Crippen molar-refractivity contribution in [2.45, 2.75) is 6.54 Å². The van der Waals surface area contributed by atoms with E-state index in [0.717, 1.165) is 5.56 Å². The van der Waals surface area contributed by atoms with Crippen LogP contribution >= 0.6 is 23.2 Å². The molecule has 1 aromatic heterocycles. The molecule has 0 radical (unpaired) electrons. The summed E-state index contributed by atoms with van der Waals surface area (Å²) >= 11 is 12.1. The molecule has 0 aliphatic rings. The Morgan fingerprint density at radius 2 is 1.83 bits per heavy atom. The van der Waals surface area contributed by atoms with E-state index in [1.807, 2.05) is 0 Å². The number of fused-ring (bicyclic) bond motifs is 1. The Hall–Kier alpha value is -2.90. The molecule has 29 heavy (non-hydrogen) atoms. The van der Waals surface area contributed by atoms with Gasteiger partial charge in [-0.05, 0) is 35.9 Å². The van der Waals surface area contributed by atoms with E-state index in [4.69, 9.17) is 32.7 Å². The lowest BCUT2D eigenvalue weighted by Crippen LogP contribution is -2.13. The summed E-state index contributed by atoms with van der Waals surface area (Å²) in [5.74, 6) is -1.06. The number of nitrogens with zero attached hydrogens (tertiary/aromatic N) is 1. The molecule has 0 spiro atoms. The number of aromatic carboxylic acids is 1. The van der Waals surface area contributed by atoms with Crippen LogP contribution in [0.4, 0.5) is 0 Å². The van der Waals surface area contributed by atoms with Crippen molar-refractivity contribution in [3.05, 3.63) is 57.7 Å². The van der Waals surface area contributed by atoms with E-state index in [1.165, 1.54) is 20.3 Å². The van der Waals surface area contributed by atoms with E-state index in [-0.39, 0.29) is 24.6 Å². The minimum Gasteiger partial charge on any atom is -0.493 e. The third-order valence-corrected chi connectivity index (χ3v) is 5.06. The van der Waals surface area contributed by atoms with Gasteiger partial charge in [0.15, 0.2) is 18.1 Å². The van der Waals surface area contributed by atoms with Crippen LogP contribution < -0.4 is 9.47 Å². The first kappa shape index (κ1) is 20.8. The van der Waals surface area contributed by atoms with Crippen molar-refractivity contribution in [3.63, 3.8) is 0 Å². The summed E-state index contributed by atoms with van der Waals surface area (Å²) in [5.41, 5.74) is 1.41. The number of halogens is 2. The maximum Gasteiger partial charge on any atom is 0.352 e. The molecule has 3 rings (SSSR count). The standard InChI is InChI=1S/C20H17Cl2NO6/c1-27-17-6-5-15-12(19(17)29-10-18(24)28-2)8-16(20(25)26)23(15)9-11-3-4-13(21)14(22)7-11/h3-8H,9-10H2,1-2H3,(H,25,26). The number of methoxy groups -OCH3 is 2. The number of carbonyl (C=O) groups excluding carboxylic acids is 1. The second-order valence-electron chi connectivity index (χ2n) is 6.06. The molecule has 3 aromatic rings. The van der Waals surface area contributed by atoms with Crippen LogP contribution in [-0.2, 0) is 16.1 Å². The van der Waals surface area contributed by atoms with E-state index in [2.05, 4.69) is 4.74 Å². The van der Waals surface area contributed by atoms with Crippen LogP contribution in [0.3, 0.4) is 0 Å². The zero-order valence-electron chi connectivity index (χ0n) is 15.6. The highest BCUT2D eigenvalue weighted by atomic mass is 35.5. The zero-order chi connectivity index (χ0) is 21.1. The Balaban J connectivity index is 2.13. The summed E-state index contributed by atoms with van der Waals surface area (Å²) in [6.45, 7) is -0.100. The van der Waals surface area contributed by atoms with Crippen molar-refractivity contribution in [2.24, 2.45) is 0 Å². The Labute approximate surface area is 176 Å². The van der Waals surface area contributed by atoms with Gasteiger partial charge in [0, 0.05) is 11.9 Å². The van der Waals surface area contributed by atoms with Crippen LogP contribution in [0, 0.1) is 0 Å². The molecule has 0 aliphatic heterocycles. The summed E-state index contributed by atoms with van der Waals surface area (Å²) in [5, 5.41) is 11.0. The molecule has 0 unspecified atom stereocenters. The SMILES string of the molecule is COC(=O)COc1c(OC)ccc2c1cc(C(=O)O)n2Cc1ccc(Cl)c(Cl)c1. The Morgan fingerprint density at radius 3 is 2.45 bits per heavy atom. The molecule has 9 heteroatoms. The molecule has 0 aliphatic carbocycles. The first-order chi connectivity index (χ1) is 13.8. The minimum atomic E-state index is -1.11. The molecule has 0 amide bonds. The van der Waals surface area contributed by atoms with Gasteiger partial charge >= 0.3 is 11.9 Å². The van der Waals surface area contributed by atoms with Crippen LogP contribution in [0.25, 0.3) is 10.9 Å². The number of ether oxygens (including phenoxy) is 3. The van der Waals surface area contributed by atoms with Crippen molar-refractivity contribution in [1.82, 2.24) is 4.57 Å². The van der Waals surface area contributed by atoms with E-state index in [9.17, 15) is 14.7 Å². The Kier molecular flexibility index (Phi) is 6.20. The molecule has 152 valence electrons. The number of carbonyl (C=O) groups is 2. The van der Waals surface area contributed by atoms with Gasteiger partial charge in [0.25, 0.3) is 0 Å². The number of hydrogen-bond donors (Lipinski definition) is 1. The summed E-state index contributed by atoms with van der Waals surface area (Å²) < 4.78 is 17.1. The summed E-state index contributed by atoms with van der Waals surface area (Å²) in [6, 6.07) is 9.95. The van der Waals surface area contributed by atoms with Crippen LogP contribution in [0.5, 0.6) is 11.5 Å². The normalized spacial score (nSPS) is 10.8. The Morgan fingerprint density at radius 1 is 1.07 bits per heavy atom. The van der Waals surface area contributed by atoms with Crippen molar-refractivity contribution in [1.29, 1.82) is 0 Å². The predicted octanol–water partition coefficient (Wildman–Crippen LogP) is 4.26. The second-order valence-corrected chi connectivity index (χ2v) is 6.88. The topological polar surface area (TPSA) is 87.0 Å². The molecule has 1 heterocycles. The number of rotatable bonds is 7. The molecule has 7 nitrogen and oxygen atoms in total. The van der Waals surface area contributed by atoms with Gasteiger partial charge in [0.2, 0.25) is 0 Å². The van der Waals surface area contributed by atoms with Crippen LogP contribution in [-0.4, -0.2) is 42.4 Å². The molecule has 0 bridgehead atoms. The minimum absolute atomic E-state index is 0.0437. The molecule has 0 atom stereocenters. The number of aromatic nitrogens is 1. The summed E-state index contributed by atoms with van der Waals surface area (Å²) in [4.78, 5) is 23.4. The number of carboxylic acid groups (broad SMARTS) is 1. The predicted molar refractivity (Wildman–Crippen MR) is 109 cm³/mol. The number of esters is 1. The highest BCUT2D eigenvalue weighted by Crippen LogP contribution is 2.38. The first-order valence-corrected chi connectivity index (χ1v) is 9.18. The first-order valence-electron chi connectivity index (χ1n) is 8.42. The quantitative estimate of drug-likeness (QED) is 0.555. The monoisotopic (exact) mass is 437 g/mol. The van der Waals surface area contributed by atoms with Gasteiger partial charge < -0.3 is 23.9 Å². The number of hydrogen-bond acceptors (Lipinski definition) is 5. The van der Waals surface area contributed by atoms with Crippen LogP contribution in [0.2, 0.25) is 10.0 Å². The fraction of sp³-hybridized carbons (Fsp3) is 0.200. The highest BCUT2D eigenvalue weighted by Gasteiger charge is 2.21. The van der Waals surface area contributed by atoms with E-state index < -0.39 is 11.9 Å². The van der Waals surface area contributed by atoms with E-state index in [0.29, 0.717) is 26.7 Å². The molecular formula is C20H17Cl2NO6. The van der Waals surface area contributed by atoms with Crippen molar-refractivity contribution in [3.8, 4) is 11.5 Å². The van der Waals surface area contributed by atoms with Gasteiger partial charge in [0.05, 0.1) is 29.8 Å². The maximum atomic E-state index is 11.9. The third kappa shape index (κ3) is 4.26. The van der Waals surface area contributed by atoms with Gasteiger partial charge in [-0.15, -0.1) is 0 Å². The zero-order valence-corrected chi connectivity index (χ0v) is 17.1.